The third kappa shape index (κ3) is 7.77. The van der Waals surface area contributed by atoms with Gasteiger partial charge in [-0.1, -0.05) is 46.0 Å². The molecule has 0 bridgehead atoms. The van der Waals surface area contributed by atoms with Crippen LogP contribution in [0.4, 0.5) is 0 Å². The minimum Gasteiger partial charge on any atom is -0.393 e. The molecule has 4 unspecified atom stereocenters. The fraction of sp³-hybridized carbons (Fsp3) is 1.00. The zero-order chi connectivity index (χ0) is 13.3. The summed E-state index contributed by atoms with van der Waals surface area (Å²) < 4.78 is 0. The molecule has 0 amide bonds. The Morgan fingerprint density at radius 2 is 1.41 bits per heavy atom. The Bertz CT molecular complexity index is 166. The van der Waals surface area contributed by atoms with E-state index in [0.29, 0.717) is 11.8 Å². The van der Waals surface area contributed by atoms with Crippen molar-refractivity contribution in [2.24, 2.45) is 11.8 Å². The zero-order valence-corrected chi connectivity index (χ0v) is 12.2. The summed E-state index contributed by atoms with van der Waals surface area (Å²) >= 11 is 0. The number of aliphatic hydroxyl groups excluding tert-OH is 2. The Balaban J connectivity index is 4.43. The van der Waals surface area contributed by atoms with Gasteiger partial charge in [0.25, 0.3) is 0 Å². The molecule has 0 radical (unpaired) electrons. The van der Waals surface area contributed by atoms with Crippen LogP contribution in [0.2, 0.25) is 0 Å². The van der Waals surface area contributed by atoms with Gasteiger partial charge >= 0.3 is 0 Å². The van der Waals surface area contributed by atoms with Crippen LogP contribution in [-0.4, -0.2) is 22.4 Å². The molecule has 17 heavy (non-hydrogen) atoms. The lowest BCUT2D eigenvalue weighted by Crippen LogP contribution is -2.28. The van der Waals surface area contributed by atoms with Gasteiger partial charge in [-0.05, 0) is 38.5 Å². The standard InChI is InChI=1S/C15H32O2/c1-5-7-9-14(11-12(3)16)15(13(4)17)10-8-6-2/h12-17H,5-11H2,1-4H3. The molecule has 0 saturated carbocycles. The summed E-state index contributed by atoms with van der Waals surface area (Å²) in [5.74, 6) is 0.831. The van der Waals surface area contributed by atoms with E-state index in [1.165, 1.54) is 25.7 Å². The quantitative estimate of drug-likeness (QED) is 0.614. The van der Waals surface area contributed by atoms with Crippen molar-refractivity contribution in [2.75, 3.05) is 0 Å². The van der Waals surface area contributed by atoms with Gasteiger partial charge in [0, 0.05) is 0 Å². The lowest BCUT2D eigenvalue weighted by molar-refractivity contribution is 0.0507. The molecule has 0 aromatic rings. The van der Waals surface area contributed by atoms with Gasteiger partial charge in [-0.3, -0.25) is 0 Å². The first-order valence-corrected chi connectivity index (χ1v) is 7.38. The predicted molar refractivity (Wildman–Crippen MR) is 74.0 cm³/mol. The topological polar surface area (TPSA) is 40.5 Å². The van der Waals surface area contributed by atoms with Crippen molar-refractivity contribution in [1.82, 2.24) is 0 Å². The molecule has 2 nitrogen and oxygen atoms in total. The van der Waals surface area contributed by atoms with Crippen LogP contribution in [0.15, 0.2) is 0 Å². The van der Waals surface area contributed by atoms with Gasteiger partial charge in [-0.15, -0.1) is 0 Å². The molecule has 0 fully saturated rings. The highest BCUT2D eigenvalue weighted by Gasteiger charge is 2.25. The second-order valence-corrected chi connectivity index (χ2v) is 5.53. The molecule has 2 N–H and O–H groups in total. The van der Waals surface area contributed by atoms with Gasteiger partial charge in [0.2, 0.25) is 0 Å². The van der Waals surface area contributed by atoms with Crippen LogP contribution in [0.5, 0.6) is 0 Å². The molecular formula is C15H32O2. The number of hydrogen-bond acceptors (Lipinski definition) is 2. The maximum Gasteiger partial charge on any atom is 0.0542 e. The van der Waals surface area contributed by atoms with Crippen molar-refractivity contribution < 1.29 is 10.2 Å². The molecule has 4 atom stereocenters. The monoisotopic (exact) mass is 244 g/mol. The SMILES string of the molecule is CCCCC(CC(C)O)C(CCCC)C(C)O. The first kappa shape index (κ1) is 16.9. The number of unbranched alkanes of at least 4 members (excludes halogenated alkanes) is 2. The van der Waals surface area contributed by atoms with E-state index in [0.717, 1.165) is 19.3 Å². The van der Waals surface area contributed by atoms with Crippen LogP contribution in [0.25, 0.3) is 0 Å². The lowest BCUT2D eigenvalue weighted by Gasteiger charge is -2.30. The van der Waals surface area contributed by atoms with E-state index in [1.54, 1.807) is 0 Å². The first-order valence-electron chi connectivity index (χ1n) is 7.38. The van der Waals surface area contributed by atoms with Gasteiger partial charge < -0.3 is 10.2 Å². The van der Waals surface area contributed by atoms with Crippen molar-refractivity contribution >= 4 is 0 Å². The van der Waals surface area contributed by atoms with Gasteiger partial charge in [0.05, 0.1) is 12.2 Å². The maximum atomic E-state index is 9.94. The van der Waals surface area contributed by atoms with Gasteiger partial charge in [-0.2, -0.15) is 0 Å². The minimum absolute atomic E-state index is 0.248. The van der Waals surface area contributed by atoms with E-state index in [2.05, 4.69) is 13.8 Å². The van der Waals surface area contributed by atoms with E-state index in [4.69, 9.17) is 0 Å². The van der Waals surface area contributed by atoms with Crippen LogP contribution in [0.3, 0.4) is 0 Å². The van der Waals surface area contributed by atoms with E-state index in [9.17, 15) is 10.2 Å². The molecule has 0 rings (SSSR count). The largest absolute Gasteiger partial charge is 0.393 e. The zero-order valence-electron chi connectivity index (χ0n) is 12.2. The molecule has 0 spiro atoms. The van der Waals surface area contributed by atoms with Crippen LogP contribution in [-0.2, 0) is 0 Å². The fourth-order valence-corrected chi connectivity index (χ4v) is 2.72. The smallest absolute Gasteiger partial charge is 0.0542 e. The third-order valence-electron chi connectivity index (χ3n) is 3.69. The molecule has 0 aromatic carbocycles. The van der Waals surface area contributed by atoms with E-state index in [-0.39, 0.29) is 12.2 Å². The first-order chi connectivity index (χ1) is 8.02. The summed E-state index contributed by atoms with van der Waals surface area (Å²) in [4.78, 5) is 0. The lowest BCUT2D eigenvalue weighted by atomic mass is 9.78. The van der Waals surface area contributed by atoms with Crippen LogP contribution < -0.4 is 0 Å². The molecule has 2 heteroatoms. The molecule has 104 valence electrons. The highest BCUT2D eigenvalue weighted by molar-refractivity contribution is 4.76. The molecule has 0 aromatic heterocycles. The highest BCUT2D eigenvalue weighted by Crippen LogP contribution is 2.30. The molecule has 0 aliphatic heterocycles. The van der Waals surface area contributed by atoms with Crippen molar-refractivity contribution in [3.05, 3.63) is 0 Å². The Hall–Kier alpha value is -0.0800. The fourth-order valence-electron chi connectivity index (χ4n) is 2.72. The molecule has 0 aliphatic carbocycles. The van der Waals surface area contributed by atoms with Gasteiger partial charge in [-0.25, -0.2) is 0 Å². The predicted octanol–water partition coefficient (Wildman–Crippen LogP) is 3.75. The second kappa shape index (κ2) is 9.90. The third-order valence-corrected chi connectivity index (χ3v) is 3.69. The van der Waals surface area contributed by atoms with E-state index >= 15 is 0 Å². The summed E-state index contributed by atoms with van der Waals surface area (Å²) in [6.45, 7) is 8.15. The summed E-state index contributed by atoms with van der Waals surface area (Å²) in [6, 6.07) is 0. The summed E-state index contributed by atoms with van der Waals surface area (Å²) in [5, 5.41) is 19.5. The molecule has 0 aliphatic rings. The van der Waals surface area contributed by atoms with Crippen molar-refractivity contribution in [3.8, 4) is 0 Å². The molecule has 0 saturated heterocycles. The van der Waals surface area contributed by atoms with Gasteiger partial charge in [0.15, 0.2) is 0 Å². The normalized spacial score (nSPS) is 18.7. The van der Waals surface area contributed by atoms with E-state index < -0.39 is 0 Å². The van der Waals surface area contributed by atoms with Gasteiger partial charge in [0.1, 0.15) is 0 Å². The molecule has 0 heterocycles. The van der Waals surface area contributed by atoms with Crippen molar-refractivity contribution in [3.63, 3.8) is 0 Å². The Labute approximate surface area is 107 Å². The Kier molecular flexibility index (Phi) is 9.85. The Morgan fingerprint density at radius 3 is 1.82 bits per heavy atom. The minimum atomic E-state index is -0.250. The van der Waals surface area contributed by atoms with Crippen molar-refractivity contribution in [1.29, 1.82) is 0 Å². The maximum absolute atomic E-state index is 9.94. The summed E-state index contributed by atoms with van der Waals surface area (Å²) in [6.07, 6.45) is 7.32. The summed E-state index contributed by atoms with van der Waals surface area (Å²) in [7, 11) is 0. The molecular weight excluding hydrogens is 212 g/mol. The van der Waals surface area contributed by atoms with Crippen LogP contribution >= 0.6 is 0 Å². The number of rotatable bonds is 10. The number of hydrogen-bond donors (Lipinski definition) is 2. The average molecular weight is 244 g/mol. The highest BCUT2D eigenvalue weighted by atomic mass is 16.3. The average Bonchev–Trinajstić information content (AvgIpc) is 2.24. The van der Waals surface area contributed by atoms with Crippen molar-refractivity contribution in [2.45, 2.75) is 84.8 Å². The number of aliphatic hydroxyl groups is 2. The van der Waals surface area contributed by atoms with Crippen LogP contribution in [0.1, 0.15) is 72.6 Å². The van der Waals surface area contributed by atoms with Crippen LogP contribution in [0, 0.1) is 11.8 Å². The summed E-state index contributed by atoms with van der Waals surface area (Å²) in [5.41, 5.74) is 0. The second-order valence-electron chi connectivity index (χ2n) is 5.53. The van der Waals surface area contributed by atoms with E-state index in [1.807, 2.05) is 13.8 Å². The Morgan fingerprint density at radius 1 is 0.882 bits per heavy atom.